The summed E-state index contributed by atoms with van der Waals surface area (Å²) in [5, 5.41) is 0. The van der Waals surface area contributed by atoms with Crippen LogP contribution >= 0.6 is 12.4 Å². The van der Waals surface area contributed by atoms with Crippen LogP contribution in [0.5, 0.6) is 0 Å². The maximum atomic E-state index is 14.0. The highest BCUT2D eigenvalue weighted by atomic mass is 35.5. The molecule has 0 saturated carbocycles. The van der Waals surface area contributed by atoms with E-state index in [1.54, 1.807) is 6.07 Å². The lowest BCUT2D eigenvalue weighted by molar-refractivity contribution is 0.122. The van der Waals surface area contributed by atoms with E-state index in [-0.39, 0.29) is 24.3 Å². The van der Waals surface area contributed by atoms with Crippen LogP contribution < -0.4 is 10.6 Å². The van der Waals surface area contributed by atoms with Crippen molar-refractivity contribution in [3.8, 4) is 0 Å². The van der Waals surface area contributed by atoms with Crippen LogP contribution in [0.25, 0.3) is 0 Å². The maximum Gasteiger partial charge on any atom is 0.146 e. The van der Waals surface area contributed by atoms with Crippen molar-refractivity contribution in [2.24, 2.45) is 5.73 Å². The molecule has 1 aromatic carbocycles. The molecule has 1 aliphatic heterocycles. The number of morpholine rings is 1. The van der Waals surface area contributed by atoms with Gasteiger partial charge in [-0.05, 0) is 31.0 Å². The lowest BCUT2D eigenvalue weighted by Gasteiger charge is -2.29. The zero-order valence-corrected chi connectivity index (χ0v) is 11.4. The van der Waals surface area contributed by atoms with E-state index < -0.39 is 0 Å². The van der Waals surface area contributed by atoms with E-state index in [1.165, 1.54) is 0 Å². The van der Waals surface area contributed by atoms with E-state index in [9.17, 15) is 4.39 Å². The van der Waals surface area contributed by atoms with Gasteiger partial charge in [-0.3, -0.25) is 0 Å². The molecule has 1 aliphatic rings. The van der Waals surface area contributed by atoms with Crippen LogP contribution in [0.4, 0.5) is 10.1 Å². The molecule has 1 fully saturated rings. The van der Waals surface area contributed by atoms with E-state index in [0.717, 1.165) is 18.7 Å². The first-order valence-corrected chi connectivity index (χ1v) is 6.03. The minimum atomic E-state index is -0.162. The zero-order chi connectivity index (χ0) is 12.3. The van der Waals surface area contributed by atoms with Gasteiger partial charge in [0.1, 0.15) is 5.82 Å². The summed E-state index contributed by atoms with van der Waals surface area (Å²) in [4.78, 5) is 2.02. The normalized spacial score (nSPS) is 17.2. The van der Waals surface area contributed by atoms with Gasteiger partial charge in [-0.25, -0.2) is 4.39 Å². The Kier molecular flexibility index (Phi) is 5.85. The number of hydrogen-bond donors (Lipinski definition) is 1. The maximum absolute atomic E-state index is 14.0. The fourth-order valence-electron chi connectivity index (χ4n) is 2.11. The topological polar surface area (TPSA) is 38.5 Å². The van der Waals surface area contributed by atoms with Crippen molar-refractivity contribution >= 4 is 18.1 Å². The van der Waals surface area contributed by atoms with Crippen molar-refractivity contribution in [1.82, 2.24) is 0 Å². The monoisotopic (exact) mass is 274 g/mol. The Hall–Kier alpha value is -0.840. The Morgan fingerprint density at radius 1 is 1.39 bits per heavy atom. The summed E-state index contributed by atoms with van der Waals surface area (Å²) in [5.41, 5.74) is 7.33. The van der Waals surface area contributed by atoms with Crippen LogP contribution in [-0.2, 0) is 11.2 Å². The Morgan fingerprint density at radius 2 is 2.06 bits per heavy atom. The molecule has 1 unspecified atom stereocenters. The van der Waals surface area contributed by atoms with Crippen LogP contribution in [0.15, 0.2) is 18.2 Å². The molecule has 1 atom stereocenters. The zero-order valence-electron chi connectivity index (χ0n) is 10.6. The van der Waals surface area contributed by atoms with Crippen molar-refractivity contribution in [3.63, 3.8) is 0 Å². The molecular weight excluding hydrogens is 255 g/mol. The van der Waals surface area contributed by atoms with E-state index in [4.69, 9.17) is 10.5 Å². The van der Waals surface area contributed by atoms with Crippen molar-refractivity contribution in [3.05, 3.63) is 29.6 Å². The number of nitrogens with zero attached hydrogens (tertiary/aromatic N) is 1. The van der Waals surface area contributed by atoms with Gasteiger partial charge in [-0.2, -0.15) is 0 Å². The smallest absolute Gasteiger partial charge is 0.146 e. The van der Waals surface area contributed by atoms with E-state index in [1.807, 2.05) is 24.0 Å². The minimum Gasteiger partial charge on any atom is -0.378 e. The largest absolute Gasteiger partial charge is 0.378 e. The first-order valence-electron chi connectivity index (χ1n) is 6.03. The molecule has 102 valence electrons. The van der Waals surface area contributed by atoms with Gasteiger partial charge in [-0.15, -0.1) is 12.4 Å². The Balaban J connectivity index is 0.00000162. The standard InChI is InChI=1S/C13H19FN2O.ClH/c1-10(15)8-11-2-3-13(12(14)9-11)16-4-6-17-7-5-16;/h2-3,9-10H,4-8,15H2,1H3;1H. The number of rotatable bonds is 3. The molecule has 5 heteroatoms. The van der Waals surface area contributed by atoms with Gasteiger partial charge in [0.25, 0.3) is 0 Å². The quantitative estimate of drug-likeness (QED) is 0.916. The Bertz CT molecular complexity index is 381. The van der Waals surface area contributed by atoms with Gasteiger partial charge >= 0.3 is 0 Å². The van der Waals surface area contributed by atoms with E-state index in [0.29, 0.717) is 25.3 Å². The van der Waals surface area contributed by atoms with E-state index in [2.05, 4.69) is 0 Å². The minimum absolute atomic E-state index is 0. The van der Waals surface area contributed by atoms with Gasteiger partial charge in [0, 0.05) is 19.1 Å². The molecule has 18 heavy (non-hydrogen) atoms. The fourth-order valence-corrected chi connectivity index (χ4v) is 2.11. The van der Waals surface area contributed by atoms with Gasteiger partial charge < -0.3 is 15.4 Å². The highest BCUT2D eigenvalue weighted by Gasteiger charge is 2.15. The van der Waals surface area contributed by atoms with Crippen molar-refractivity contribution in [2.45, 2.75) is 19.4 Å². The predicted octanol–water partition coefficient (Wildman–Crippen LogP) is 1.97. The summed E-state index contributed by atoms with van der Waals surface area (Å²) in [6.45, 7) is 4.77. The van der Waals surface area contributed by atoms with Crippen LogP contribution in [0, 0.1) is 5.82 Å². The molecular formula is C13H20ClFN2O. The van der Waals surface area contributed by atoms with Crippen LogP contribution in [0.1, 0.15) is 12.5 Å². The summed E-state index contributed by atoms with van der Waals surface area (Å²) in [5.74, 6) is -0.162. The summed E-state index contributed by atoms with van der Waals surface area (Å²) in [7, 11) is 0. The second-order valence-corrected chi connectivity index (χ2v) is 4.57. The fraction of sp³-hybridized carbons (Fsp3) is 0.538. The first kappa shape index (κ1) is 15.2. The third-order valence-electron chi connectivity index (χ3n) is 2.92. The SMILES string of the molecule is CC(N)Cc1ccc(N2CCOCC2)c(F)c1.Cl. The predicted molar refractivity (Wildman–Crippen MR) is 74.0 cm³/mol. The number of benzene rings is 1. The summed E-state index contributed by atoms with van der Waals surface area (Å²) < 4.78 is 19.2. The highest BCUT2D eigenvalue weighted by molar-refractivity contribution is 5.85. The molecule has 2 N–H and O–H groups in total. The molecule has 1 aromatic rings. The number of hydrogen-bond acceptors (Lipinski definition) is 3. The molecule has 0 aromatic heterocycles. The van der Waals surface area contributed by atoms with E-state index >= 15 is 0 Å². The second kappa shape index (κ2) is 6.92. The highest BCUT2D eigenvalue weighted by Crippen LogP contribution is 2.22. The number of anilines is 1. The van der Waals surface area contributed by atoms with Gasteiger partial charge in [-0.1, -0.05) is 6.07 Å². The van der Waals surface area contributed by atoms with Gasteiger partial charge in [0.05, 0.1) is 18.9 Å². The lowest BCUT2D eigenvalue weighted by Crippen LogP contribution is -2.36. The third kappa shape index (κ3) is 3.83. The summed E-state index contributed by atoms with van der Waals surface area (Å²) in [6.07, 6.45) is 0.709. The second-order valence-electron chi connectivity index (χ2n) is 4.57. The van der Waals surface area contributed by atoms with Gasteiger partial charge in [0.15, 0.2) is 0 Å². The lowest BCUT2D eigenvalue weighted by atomic mass is 10.1. The Morgan fingerprint density at radius 3 is 2.61 bits per heavy atom. The number of nitrogens with two attached hydrogens (primary N) is 1. The number of halogens is 2. The van der Waals surface area contributed by atoms with Crippen LogP contribution in [-0.4, -0.2) is 32.3 Å². The molecule has 1 saturated heterocycles. The number of ether oxygens (including phenoxy) is 1. The van der Waals surface area contributed by atoms with Gasteiger partial charge in [0.2, 0.25) is 0 Å². The van der Waals surface area contributed by atoms with Crippen LogP contribution in [0.2, 0.25) is 0 Å². The average Bonchev–Trinajstić information content (AvgIpc) is 2.29. The molecule has 3 nitrogen and oxygen atoms in total. The molecule has 1 heterocycles. The van der Waals surface area contributed by atoms with Crippen molar-refractivity contribution < 1.29 is 9.13 Å². The molecule has 0 radical (unpaired) electrons. The van der Waals surface area contributed by atoms with Crippen LogP contribution in [0.3, 0.4) is 0 Å². The first-order chi connectivity index (χ1) is 8.16. The van der Waals surface area contributed by atoms with Crippen molar-refractivity contribution in [2.75, 3.05) is 31.2 Å². The molecule has 2 rings (SSSR count). The summed E-state index contributed by atoms with van der Waals surface area (Å²) in [6, 6.07) is 5.45. The molecule has 0 spiro atoms. The molecule has 0 bridgehead atoms. The third-order valence-corrected chi connectivity index (χ3v) is 2.92. The summed E-state index contributed by atoms with van der Waals surface area (Å²) >= 11 is 0. The Labute approximate surface area is 114 Å². The molecule has 0 amide bonds. The molecule has 0 aliphatic carbocycles. The van der Waals surface area contributed by atoms with Crippen molar-refractivity contribution in [1.29, 1.82) is 0 Å². The average molecular weight is 275 g/mol.